The molecule has 3 nitrogen and oxygen atoms in total. The number of aromatic amines is 1. The lowest BCUT2D eigenvalue weighted by molar-refractivity contribution is 0.480. The van der Waals surface area contributed by atoms with Gasteiger partial charge in [-0.3, -0.25) is 4.79 Å². The molecular formula is C10H8BrNO2. The summed E-state index contributed by atoms with van der Waals surface area (Å²) in [6.07, 6.45) is 0. The number of H-pyrrole nitrogens is 1. The minimum Gasteiger partial charge on any atom is -0.506 e. The number of phenolic OH excluding ortho intramolecular Hbond substituents is 1. The van der Waals surface area contributed by atoms with Crippen LogP contribution in [0.2, 0.25) is 0 Å². The molecule has 1 heterocycles. The molecule has 14 heavy (non-hydrogen) atoms. The van der Waals surface area contributed by atoms with Crippen LogP contribution >= 0.6 is 15.9 Å². The van der Waals surface area contributed by atoms with E-state index >= 15 is 0 Å². The SMILES string of the molecule is Cc1cc(O)c2[nH]c(=O)ccc2c1Br. The van der Waals surface area contributed by atoms with Crippen molar-refractivity contribution in [1.29, 1.82) is 0 Å². The predicted octanol–water partition coefficient (Wildman–Crippen LogP) is 2.30. The van der Waals surface area contributed by atoms with Gasteiger partial charge in [0.2, 0.25) is 5.56 Å². The fourth-order valence-corrected chi connectivity index (χ4v) is 1.86. The molecule has 4 heteroatoms. The first-order valence-electron chi connectivity index (χ1n) is 4.10. The van der Waals surface area contributed by atoms with Gasteiger partial charge in [0.05, 0.1) is 5.52 Å². The van der Waals surface area contributed by atoms with Crippen LogP contribution in [0.4, 0.5) is 0 Å². The lowest BCUT2D eigenvalue weighted by Gasteiger charge is -2.05. The molecule has 2 N–H and O–H groups in total. The van der Waals surface area contributed by atoms with Crippen LogP contribution in [0, 0.1) is 6.92 Å². The molecule has 1 aromatic carbocycles. The van der Waals surface area contributed by atoms with Gasteiger partial charge in [-0.15, -0.1) is 0 Å². The zero-order chi connectivity index (χ0) is 10.3. The Hall–Kier alpha value is -1.29. The second-order valence-electron chi connectivity index (χ2n) is 3.14. The fourth-order valence-electron chi connectivity index (χ4n) is 1.41. The Kier molecular flexibility index (Phi) is 2.07. The van der Waals surface area contributed by atoms with Gasteiger partial charge in [-0.05, 0) is 40.5 Å². The van der Waals surface area contributed by atoms with Crippen molar-refractivity contribution in [1.82, 2.24) is 4.98 Å². The first kappa shape index (κ1) is 9.27. The maximum Gasteiger partial charge on any atom is 0.248 e. The number of hydrogen-bond acceptors (Lipinski definition) is 2. The summed E-state index contributed by atoms with van der Waals surface area (Å²) in [5, 5.41) is 10.4. The van der Waals surface area contributed by atoms with Crippen LogP contribution in [0.3, 0.4) is 0 Å². The van der Waals surface area contributed by atoms with Gasteiger partial charge in [-0.25, -0.2) is 0 Å². The molecule has 0 radical (unpaired) electrons. The Morgan fingerprint density at radius 3 is 2.86 bits per heavy atom. The van der Waals surface area contributed by atoms with Gasteiger partial charge in [0.1, 0.15) is 5.75 Å². The largest absolute Gasteiger partial charge is 0.506 e. The van der Waals surface area contributed by atoms with E-state index in [1.54, 1.807) is 12.1 Å². The standard InChI is InChI=1S/C10H8BrNO2/c1-5-4-7(13)10-6(9(5)11)2-3-8(14)12-10/h2-4,13H,1H3,(H,12,14). The Labute approximate surface area is 88.5 Å². The van der Waals surface area contributed by atoms with Crippen LogP contribution < -0.4 is 5.56 Å². The quantitative estimate of drug-likeness (QED) is 0.757. The molecule has 0 atom stereocenters. The fraction of sp³-hybridized carbons (Fsp3) is 0.100. The Bertz CT molecular complexity index is 560. The Morgan fingerprint density at radius 1 is 1.43 bits per heavy atom. The summed E-state index contributed by atoms with van der Waals surface area (Å²) in [5.74, 6) is 0.0957. The smallest absolute Gasteiger partial charge is 0.248 e. The van der Waals surface area contributed by atoms with Gasteiger partial charge in [0.15, 0.2) is 0 Å². The number of aromatic nitrogens is 1. The van der Waals surface area contributed by atoms with Crippen molar-refractivity contribution in [3.05, 3.63) is 38.6 Å². The van der Waals surface area contributed by atoms with Crippen LogP contribution in [0.1, 0.15) is 5.56 Å². The van der Waals surface area contributed by atoms with Crippen molar-refractivity contribution in [2.75, 3.05) is 0 Å². The van der Waals surface area contributed by atoms with Crippen molar-refractivity contribution in [3.63, 3.8) is 0 Å². The van der Waals surface area contributed by atoms with Crippen molar-refractivity contribution in [2.45, 2.75) is 6.92 Å². The molecule has 0 fully saturated rings. The zero-order valence-electron chi connectivity index (χ0n) is 7.47. The molecule has 72 valence electrons. The van der Waals surface area contributed by atoms with Gasteiger partial charge in [0, 0.05) is 15.9 Å². The van der Waals surface area contributed by atoms with Crippen molar-refractivity contribution in [2.24, 2.45) is 0 Å². The van der Waals surface area contributed by atoms with E-state index in [9.17, 15) is 9.90 Å². The summed E-state index contributed by atoms with van der Waals surface area (Å²) in [4.78, 5) is 13.6. The number of fused-ring (bicyclic) bond motifs is 1. The van der Waals surface area contributed by atoms with Crippen molar-refractivity contribution in [3.8, 4) is 5.75 Å². The molecule has 0 unspecified atom stereocenters. The number of nitrogens with one attached hydrogen (secondary N) is 1. The monoisotopic (exact) mass is 253 g/mol. The van der Waals surface area contributed by atoms with E-state index in [0.29, 0.717) is 5.52 Å². The van der Waals surface area contributed by atoms with Gasteiger partial charge < -0.3 is 10.1 Å². The Morgan fingerprint density at radius 2 is 2.14 bits per heavy atom. The van der Waals surface area contributed by atoms with E-state index in [2.05, 4.69) is 20.9 Å². The number of benzene rings is 1. The maximum atomic E-state index is 11.0. The maximum absolute atomic E-state index is 11.0. The van der Waals surface area contributed by atoms with Crippen molar-refractivity contribution >= 4 is 26.8 Å². The third kappa shape index (κ3) is 1.32. The van der Waals surface area contributed by atoms with E-state index in [-0.39, 0.29) is 11.3 Å². The van der Waals surface area contributed by atoms with E-state index in [0.717, 1.165) is 15.4 Å². The summed E-state index contributed by atoms with van der Waals surface area (Å²) in [7, 11) is 0. The number of aryl methyl sites for hydroxylation is 1. The molecule has 0 bridgehead atoms. The highest BCUT2D eigenvalue weighted by molar-refractivity contribution is 9.10. The molecule has 2 aromatic rings. The van der Waals surface area contributed by atoms with Gasteiger partial charge in [0.25, 0.3) is 0 Å². The summed E-state index contributed by atoms with van der Waals surface area (Å²) < 4.78 is 0.890. The van der Waals surface area contributed by atoms with Crippen LogP contribution in [0.5, 0.6) is 5.75 Å². The molecule has 0 saturated carbocycles. The summed E-state index contributed by atoms with van der Waals surface area (Å²) >= 11 is 3.41. The van der Waals surface area contributed by atoms with Crippen LogP contribution in [0.25, 0.3) is 10.9 Å². The predicted molar refractivity (Wildman–Crippen MR) is 58.7 cm³/mol. The molecular weight excluding hydrogens is 246 g/mol. The minimum absolute atomic E-state index is 0.0957. The second-order valence-corrected chi connectivity index (χ2v) is 3.93. The summed E-state index contributed by atoms with van der Waals surface area (Å²) in [6.45, 7) is 1.88. The first-order valence-corrected chi connectivity index (χ1v) is 4.90. The van der Waals surface area contributed by atoms with Crippen molar-refractivity contribution < 1.29 is 5.11 Å². The lowest BCUT2D eigenvalue weighted by Crippen LogP contribution is -2.02. The highest BCUT2D eigenvalue weighted by atomic mass is 79.9. The van der Waals surface area contributed by atoms with Gasteiger partial charge in [-0.2, -0.15) is 0 Å². The van der Waals surface area contributed by atoms with Gasteiger partial charge >= 0.3 is 0 Å². The molecule has 0 spiro atoms. The highest BCUT2D eigenvalue weighted by Gasteiger charge is 2.07. The van der Waals surface area contributed by atoms with Gasteiger partial charge in [-0.1, -0.05) is 0 Å². The average molecular weight is 254 g/mol. The lowest BCUT2D eigenvalue weighted by atomic mass is 10.1. The second kappa shape index (κ2) is 3.13. The molecule has 0 aliphatic carbocycles. The molecule has 0 aliphatic rings. The number of pyridine rings is 1. The van der Waals surface area contributed by atoms with Crippen LogP contribution in [-0.2, 0) is 0 Å². The molecule has 1 aromatic heterocycles. The number of rotatable bonds is 0. The number of aromatic hydroxyl groups is 1. The summed E-state index contributed by atoms with van der Waals surface area (Å²) in [5.41, 5.74) is 1.18. The Balaban J connectivity index is 3.02. The van der Waals surface area contributed by atoms with E-state index in [1.165, 1.54) is 6.07 Å². The van der Waals surface area contributed by atoms with Crippen LogP contribution in [-0.4, -0.2) is 10.1 Å². The van der Waals surface area contributed by atoms with E-state index in [4.69, 9.17) is 0 Å². The average Bonchev–Trinajstić information content (AvgIpc) is 2.14. The highest BCUT2D eigenvalue weighted by Crippen LogP contribution is 2.31. The normalized spacial score (nSPS) is 10.7. The molecule has 2 rings (SSSR count). The number of phenols is 1. The molecule has 0 aliphatic heterocycles. The van der Waals surface area contributed by atoms with E-state index < -0.39 is 0 Å². The number of hydrogen-bond donors (Lipinski definition) is 2. The third-order valence-electron chi connectivity index (χ3n) is 2.11. The number of halogens is 1. The van der Waals surface area contributed by atoms with Crippen LogP contribution in [0.15, 0.2) is 27.5 Å². The minimum atomic E-state index is -0.219. The topological polar surface area (TPSA) is 53.1 Å². The molecule has 0 amide bonds. The summed E-state index contributed by atoms with van der Waals surface area (Å²) in [6, 6.07) is 4.74. The first-order chi connectivity index (χ1) is 6.59. The third-order valence-corrected chi connectivity index (χ3v) is 3.16. The molecule has 0 saturated heterocycles. The zero-order valence-corrected chi connectivity index (χ0v) is 9.05. The van der Waals surface area contributed by atoms with E-state index in [1.807, 2.05) is 6.92 Å².